The van der Waals surface area contributed by atoms with Crippen LogP contribution in [0.3, 0.4) is 0 Å². The summed E-state index contributed by atoms with van der Waals surface area (Å²) in [5.74, 6) is -1.43. The maximum Gasteiger partial charge on any atom is 0.275 e. The normalized spacial score (nSPS) is 17.5. The van der Waals surface area contributed by atoms with Gasteiger partial charge in [-0.25, -0.2) is 9.97 Å². The van der Waals surface area contributed by atoms with Gasteiger partial charge in [0.05, 0.1) is 12.4 Å². The lowest BCUT2D eigenvalue weighted by Gasteiger charge is -2.32. The Morgan fingerprint density at radius 2 is 1.93 bits per heavy atom. The number of carbonyl (C=O) groups excluding carboxylic acids is 3. The van der Waals surface area contributed by atoms with Crippen LogP contribution in [0.1, 0.15) is 46.8 Å². The van der Waals surface area contributed by atoms with Crippen molar-refractivity contribution < 1.29 is 14.4 Å². The van der Waals surface area contributed by atoms with Crippen LogP contribution in [0.4, 0.5) is 5.69 Å². The van der Waals surface area contributed by atoms with Crippen molar-refractivity contribution in [3.05, 3.63) is 53.6 Å². The van der Waals surface area contributed by atoms with Gasteiger partial charge >= 0.3 is 0 Å². The summed E-state index contributed by atoms with van der Waals surface area (Å²) in [6.45, 7) is 4.17. The Kier molecular flexibility index (Phi) is 5.16. The molecule has 3 amide bonds. The van der Waals surface area contributed by atoms with E-state index in [1.807, 2.05) is 38.1 Å². The number of para-hydroxylation sites is 1. The molecule has 1 aliphatic heterocycles. The number of nitrogens with one attached hydrogen (secondary N) is 1. The zero-order valence-corrected chi connectivity index (χ0v) is 15.2. The molecule has 8 heteroatoms. The van der Waals surface area contributed by atoms with Crippen LogP contribution in [0, 0.1) is 5.92 Å². The fourth-order valence-corrected chi connectivity index (χ4v) is 3.11. The highest BCUT2D eigenvalue weighted by atomic mass is 16.2. The molecule has 0 bridgehead atoms. The predicted molar refractivity (Wildman–Crippen MR) is 98.7 cm³/mol. The van der Waals surface area contributed by atoms with Crippen molar-refractivity contribution in [1.29, 1.82) is 0 Å². The van der Waals surface area contributed by atoms with E-state index in [2.05, 4.69) is 15.3 Å². The molecule has 3 rings (SSSR count). The number of benzene rings is 1. The number of amides is 3. The minimum atomic E-state index is -0.720. The summed E-state index contributed by atoms with van der Waals surface area (Å²) >= 11 is 0. The van der Waals surface area contributed by atoms with Gasteiger partial charge in [-0.2, -0.15) is 0 Å². The summed E-state index contributed by atoms with van der Waals surface area (Å²) < 4.78 is 0. The molecule has 27 heavy (non-hydrogen) atoms. The smallest absolute Gasteiger partial charge is 0.275 e. The molecule has 0 saturated heterocycles. The molecule has 0 spiro atoms. The number of nitrogens with two attached hydrogens (primary N) is 1. The fraction of sp³-hybridized carbons (Fsp3) is 0.316. The number of rotatable bonds is 4. The molecule has 0 radical (unpaired) electrons. The Morgan fingerprint density at radius 1 is 1.26 bits per heavy atom. The quantitative estimate of drug-likeness (QED) is 0.850. The third kappa shape index (κ3) is 3.64. The van der Waals surface area contributed by atoms with Gasteiger partial charge in [-0.15, -0.1) is 0 Å². The Morgan fingerprint density at radius 3 is 2.56 bits per heavy atom. The Hall–Kier alpha value is -3.29. The molecule has 0 aliphatic carbocycles. The van der Waals surface area contributed by atoms with E-state index in [9.17, 15) is 14.4 Å². The molecule has 2 atom stereocenters. The van der Waals surface area contributed by atoms with Crippen LogP contribution in [-0.2, 0) is 11.3 Å². The second-order valence-electron chi connectivity index (χ2n) is 6.56. The monoisotopic (exact) mass is 367 g/mol. The molecule has 3 N–H and O–H groups in total. The minimum absolute atomic E-state index is 0.0241. The molecule has 0 saturated carbocycles. The number of hydrogen-bond donors (Lipinski definition) is 2. The first kappa shape index (κ1) is 18.5. The summed E-state index contributed by atoms with van der Waals surface area (Å²) in [7, 11) is 0. The van der Waals surface area contributed by atoms with Crippen LogP contribution in [0.5, 0.6) is 0 Å². The molecule has 2 heterocycles. The van der Waals surface area contributed by atoms with Gasteiger partial charge in [0.2, 0.25) is 5.91 Å². The van der Waals surface area contributed by atoms with Crippen LogP contribution in [0.15, 0.2) is 36.7 Å². The maximum absolute atomic E-state index is 13.1. The van der Waals surface area contributed by atoms with Crippen LogP contribution in [-0.4, -0.2) is 38.6 Å². The SMILES string of the molecule is CC[C@H](C)[C@H]1C(=O)Nc2ccccc2CN1C(=O)c1cnc(C(N)=O)cn1. The van der Waals surface area contributed by atoms with Gasteiger partial charge in [0.1, 0.15) is 17.4 Å². The average Bonchev–Trinajstić information content (AvgIpc) is 2.82. The topological polar surface area (TPSA) is 118 Å². The molecule has 1 aromatic heterocycles. The lowest BCUT2D eigenvalue weighted by Crippen LogP contribution is -2.49. The molecular weight excluding hydrogens is 346 g/mol. The summed E-state index contributed by atoms with van der Waals surface area (Å²) in [6, 6.07) is 6.74. The molecule has 1 aromatic carbocycles. The van der Waals surface area contributed by atoms with E-state index < -0.39 is 17.9 Å². The standard InChI is InChI=1S/C19H21N5O3/c1-3-11(2)16-18(26)23-13-7-5-4-6-12(13)10-24(16)19(27)15-9-21-14(8-22-15)17(20)25/h4-9,11,16H,3,10H2,1-2H3,(H2,20,25)(H,23,26)/t11-,16-/m0/s1. The summed E-state index contributed by atoms with van der Waals surface area (Å²) in [6.07, 6.45) is 3.11. The van der Waals surface area contributed by atoms with Crippen LogP contribution in [0.2, 0.25) is 0 Å². The number of aromatic nitrogens is 2. The number of carbonyl (C=O) groups is 3. The minimum Gasteiger partial charge on any atom is -0.364 e. The molecular formula is C19H21N5O3. The number of hydrogen-bond acceptors (Lipinski definition) is 5. The lowest BCUT2D eigenvalue weighted by molar-refractivity contribution is -0.122. The molecule has 8 nitrogen and oxygen atoms in total. The van der Waals surface area contributed by atoms with Gasteiger partial charge in [-0.05, 0) is 17.5 Å². The van der Waals surface area contributed by atoms with Crippen molar-refractivity contribution in [2.24, 2.45) is 11.7 Å². The van der Waals surface area contributed by atoms with Crippen molar-refractivity contribution in [3.8, 4) is 0 Å². The lowest BCUT2D eigenvalue weighted by atomic mass is 9.96. The second kappa shape index (κ2) is 7.53. The van der Waals surface area contributed by atoms with Gasteiger partial charge in [0, 0.05) is 12.2 Å². The molecule has 0 fully saturated rings. The largest absolute Gasteiger partial charge is 0.364 e. The van der Waals surface area contributed by atoms with Crippen LogP contribution >= 0.6 is 0 Å². The van der Waals surface area contributed by atoms with Crippen LogP contribution in [0.25, 0.3) is 0 Å². The first-order valence-corrected chi connectivity index (χ1v) is 8.74. The van der Waals surface area contributed by atoms with Gasteiger partial charge in [-0.3, -0.25) is 14.4 Å². The van der Waals surface area contributed by atoms with Gasteiger partial charge in [0.25, 0.3) is 11.8 Å². The highest BCUT2D eigenvalue weighted by molar-refractivity contribution is 6.02. The van der Waals surface area contributed by atoms with E-state index in [0.29, 0.717) is 5.69 Å². The maximum atomic E-state index is 13.1. The number of fused-ring (bicyclic) bond motifs is 1. The number of anilines is 1. The number of primary amides is 1. The molecule has 140 valence electrons. The van der Waals surface area contributed by atoms with E-state index in [0.717, 1.165) is 12.0 Å². The molecule has 1 aliphatic rings. The second-order valence-corrected chi connectivity index (χ2v) is 6.56. The number of nitrogens with zero attached hydrogens (tertiary/aromatic N) is 3. The highest BCUT2D eigenvalue weighted by Crippen LogP contribution is 2.28. The van der Waals surface area contributed by atoms with E-state index in [4.69, 9.17) is 5.73 Å². The fourth-order valence-electron chi connectivity index (χ4n) is 3.11. The predicted octanol–water partition coefficient (Wildman–Crippen LogP) is 1.58. The van der Waals surface area contributed by atoms with E-state index in [-0.39, 0.29) is 29.8 Å². The van der Waals surface area contributed by atoms with Crippen molar-refractivity contribution in [3.63, 3.8) is 0 Å². The van der Waals surface area contributed by atoms with E-state index in [1.165, 1.54) is 17.3 Å². The van der Waals surface area contributed by atoms with Gasteiger partial charge in [-0.1, -0.05) is 38.5 Å². The highest BCUT2D eigenvalue weighted by Gasteiger charge is 2.37. The zero-order valence-electron chi connectivity index (χ0n) is 15.2. The van der Waals surface area contributed by atoms with Crippen molar-refractivity contribution >= 4 is 23.4 Å². The third-order valence-electron chi connectivity index (χ3n) is 4.79. The third-order valence-corrected chi connectivity index (χ3v) is 4.79. The zero-order chi connectivity index (χ0) is 19.6. The summed E-state index contributed by atoms with van der Waals surface area (Å²) in [5.41, 5.74) is 6.73. The van der Waals surface area contributed by atoms with Gasteiger partial charge in [0.15, 0.2) is 0 Å². The average molecular weight is 367 g/mol. The van der Waals surface area contributed by atoms with Crippen molar-refractivity contribution in [2.45, 2.75) is 32.9 Å². The summed E-state index contributed by atoms with van der Waals surface area (Å²) in [5, 5.41) is 2.92. The first-order valence-electron chi connectivity index (χ1n) is 8.74. The van der Waals surface area contributed by atoms with E-state index >= 15 is 0 Å². The van der Waals surface area contributed by atoms with Gasteiger partial charge < -0.3 is 16.0 Å². The van der Waals surface area contributed by atoms with Crippen molar-refractivity contribution in [2.75, 3.05) is 5.32 Å². The Bertz CT molecular complexity index is 881. The van der Waals surface area contributed by atoms with Crippen LogP contribution < -0.4 is 11.1 Å². The Labute approximate surface area is 156 Å². The molecule has 0 unspecified atom stereocenters. The van der Waals surface area contributed by atoms with Crippen molar-refractivity contribution in [1.82, 2.24) is 14.9 Å². The first-order chi connectivity index (χ1) is 12.9. The summed E-state index contributed by atoms with van der Waals surface area (Å²) in [4.78, 5) is 46.6. The molecule has 2 aromatic rings. The Balaban J connectivity index is 2.00. The van der Waals surface area contributed by atoms with E-state index in [1.54, 1.807) is 0 Å².